The molecular weight excluding hydrogens is 110 g/mol. The Labute approximate surface area is 57.3 Å². The highest BCUT2D eigenvalue weighted by Gasteiger charge is 1.84. The third-order valence-electron chi connectivity index (χ3n) is 1.29. The van der Waals surface area contributed by atoms with Crippen LogP contribution >= 0.6 is 0 Å². The molecule has 0 aromatic heterocycles. The molecule has 0 aromatic rings. The van der Waals surface area contributed by atoms with Crippen LogP contribution in [0.15, 0.2) is 11.6 Å². The van der Waals surface area contributed by atoms with E-state index in [2.05, 4.69) is 19.9 Å². The number of nitrogens with one attached hydrogen (secondary N) is 1. The molecule has 0 saturated carbocycles. The number of allylic oxidation sites excluding steroid dienone is 2. The molecule has 0 rings (SSSR count). The van der Waals surface area contributed by atoms with Crippen molar-refractivity contribution in [2.45, 2.75) is 33.1 Å². The smallest absolute Gasteiger partial charge is 0.0206 e. The van der Waals surface area contributed by atoms with Crippen molar-refractivity contribution in [2.24, 2.45) is 0 Å². The van der Waals surface area contributed by atoms with E-state index in [0.29, 0.717) is 0 Å². The van der Waals surface area contributed by atoms with E-state index in [9.17, 15) is 0 Å². The van der Waals surface area contributed by atoms with Gasteiger partial charge in [-0.3, -0.25) is 0 Å². The Morgan fingerprint density at radius 3 is 2.44 bits per heavy atom. The monoisotopic (exact) mass is 125 g/mol. The fourth-order valence-electron chi connectivity index (χ4n) is 0.635. The van der Waals surface area contributed by atoms with Crippen molar-refractivity contribution < 1.29 is 0 Å². The summed E-state index contributed by atoms with van der Waals surface area (Å²) < 4.78 is 0. The normalized spacial score (nSPS) is 11.6. The van der Waals surface area contributed by atoms with Gasteiger partial charge in [0.2, 0.25) is 0 Å². The highest BCUT2D eigenvalue weighted by molar-refractivity contribution is 5.75. The lowest BCUT2D eigenvalue weighted by molar-refractivity contribution is 0.946. The Morgan fingerprint density at radius 2 is 2.11 bits per heavy atom. The van der Waals surface area contributed by atoms with Crippen LogP contribution in [0.5, 0.6) is 0 Å². The van der Waals surface area contributed by atoms with Crippen molar-refractivity contribution in [1.29, 1.82) is 5.41 Å². The lowest BCUT2D eigenvalue weighted by Crippen LogP contribution is -1.79. The molecule has 0 aliphatic rings. The minimum absolute atomic E-state index is 0.990. The Morgan fingerprint density at radius 1 is 1.44 bits per heavy atom. The van der Waals surface area contributed by atoms with Crippen LogP contribution in [0.2, 0.25) is 0 Å². The molecule has 0 fully saturated rings. The van der Waals surface area contributed by atoms with Crippen LogP contribution in [0.4, 0.5) is 0 Å². The predicted octanol–water partition coefficient (Wildman–Crippen LogP) is 2.77. The summed E-state index contributed by atoms with van der Waals surface area (Å²) in [6, 6.07) is 0. The Balaban J connectivity index is 3.61. The summed E-state index contributed by atoms with van der Waals surface area (Å²) in [6.07, 6.45) is 6.85. The van der Waals surface area contributed by atoms with Crippen molar-refractivity contribution >= 4 is 6.21 Å². The molecule has 0 amide bonds. The van der Waals surface area contributed by atoms with Gasteiger partial charge in [-0.15, -0.1) is 0 Å². The van der Waals surface area contributed by atoms with Gasteiger partial charge in [0.25, 0.3) is 0 Å². The zero-order valence-electron chi connectivity index (χ0n) is 6.28. The molecule has 0 unspecified atom stereocenters. The molecule has 0 aliphatic heterocycles. The van der Waals surface area contributed by atoms with Crippen LogP contribution in [0.3, 0.4) is 0 Å². The summed E-state index contributed by atoms with van der Waals surface area (Å²) in [7, 11) is 0. The molecule has 1 nitrogen and oxygen atoms in total. The number of unbranched alkanes of at least 4 members (excludes halogenated alkanes) is 1. The highest BCUT2D eigenvalue weighted by Crippen LogP contribution is 1.99. The van der Waals surface area contributed by atoms with Crippen LogP contribution in [0, 0.1) is 5.41 Å². The van der Waals surface area contributed by atoms with E-state index in [1.54, 1.807) is 0 Å². The van der Waals surface area contributed by atoms with Gasteiger partial charge in [0, 0.05) is 6.21 Å². The molecule has 0 radical (unpaired) electrons. The standard InChI is InChI=1S/C8H15N/c1-3-5-6-8(4-2)7-9/h6-7,9H,3-5H2,1-2H3/b8-6-,9-7?. The second-order valence-electron chi connectivity index (χ2n) is 2.07. The highest BCUT2D eigenvalue weighted by atomic mass is 14.3. The third-order valence-corrected chi connectivity index (χ3v) is 1.29. The fraction of sp³-hybridized carbons (Fsp3) is 0.625. The summed E-state index contributed by atoms with van der Waals surface area (Å²) in [6.45, 7) is 4.22. The van der Waals surface area contributed by atoms with Gasteiger partial charge >= 0.3 is 0 Å². The van der Waals surface area contributed by atoms with Gasteiger partial charge in [-0.2, -0.15) is 0 Å². The molecule has 52 valence electrons. The van der Waals surface area contributed by atoms with Crippen LogP contribution in [-0.2, 0) is 0 Å². The maximum absolute atomic E-state index is 6.95. The van der Waals surface area contributed by atoms with Gasteiger partial charge in [0.1, 0.15) is 0 Å². The van der Waals surface area contributed by atoms with E-state index in [1.807, 2.05) is 0 Å². The molecule has 9 heavy (non-hydrogen) atoms. The van der Waals surface area contributed by atoms with Gasteiger partial charge < -0.3 is 5.41 Å². The van der Waals surface area contributed by atoms with Crippen LogP contribution in [0.1, 0.15) is 33.1 Å². The molecular formula is C8H15N. The lowest BCUT2D eigenvalue weighted by atomic mass is 10.2. The van der Waals surface area contributed by atoms with Crippen molar-refractivity contribution in [3.8, 4) is 0 Å². The van der Waals surface area contributed by atoms with Crippen molar-refractivity contribution in [2.75, 3.05) is 0 Å². The first-order valence-corrected chi connectivity index (χ1v) is 3.54. The minimum atomic E-state index is 0.990. The first kappa shape index (κ1) is 8.41. The van der Waals surface area contributed by atoms with E-state index in [4.69, 9.17) is 5.41 Å². The van der Waals surface area contributed by atoms with E-state index in [0.717, 1.165) is 18.4 Å². The predicted molar refractivity (Wildman–Crippen MR) is 42.1 cm³/mol. The van der Waals surface area contributed by atoms with Gasteiger partial charge in [-0.1, -0.05) is 26.3 Å². The lowest BCUT2D eigenvalue weighted by Gasteiger charge is -1.92. The van der Waals surface area contributed by atoms with Crippen molar-refractivity contribution in [3.63, 3.8) is 0 Å². The third kappa shape index (κ3) is 3.95. The molecule has 0 aromatic carbocycles. The average Bonchev–Trinajstić information content (AvgIpc) is 1.91. The van der Waals surface area contributed by atoms with E-state index in [1.165, 1.54) is 12.6 Å². The number of hydrogen-bond donors (Lipinski definition) is 1. The Kier molecular flexibility index (Phi) is 5.18. The zero-order chi connectivity index (χ0) is 7.11. The molecule has 0 atom stereocenters. The minimum Gasteiger partial charge on any atom is -0.308 e. The molecule has 0 saturated heterocycles. The summed E-state index contributed by atoms with van der Waals surface area (Å²) in [5.41, 5.74) is 1.15. The number of rotatable bonds is 4. The van der Waals surface area contributed by atoms with Crippen LogP contribution < -0.4 is 0 Å². The SMILES string of the molecule is CCC/C=C(\C=N)CC. The van der Waals surface area contributed by atoms with E-state index in [-0.39, 0.29) is 0 Å². The van der Waals surface area contributed by atoms with Gasteiger partial charge in [-0.25, -0.2) is 0 Å². The molecule has 1 heteroatoms. The van der Waals surface area contributed by atoms with E-state index < -0.39 is 0 Å². The second-order valence-corrected chi connectivity index (χ2v) is 2.07. The van der Waals surface area contributed by atoms with E-state index >= 15 is 0 Å². The molecule has 0 heterocycles. The largest absolute Gasteiger partial charge is 0.308 e. The first-order chi connectivity index (χ1) is 4.35. The molecule has 1 N–H and O–H groups in total. The molecule has 0 bridgehead atoms. The Bertz CT molecular complexity index is 103. The molecule has 0 spiro atoms. The van der Waals surface area contributed by atoms with Crippen LogP contribution in [0.25, 0.3) is 0 Å². The zero-order valence-corrected chi connectivity index (χ0v) is 6.28. The van der Waals surface area contributed by atoms with Gasteiger partial charge in [0.05, 0.1) is 0 Å². The average molecular weight is 125 g/mol. The summed E-state index contributed by atoms with van der Waals surface area (Å²) in [5.74, 6) is 0. The van der Waals surface area contributed by atoms with Crippen LogP contribution in [-0.4, -0.2) is 6.21 Å². The first-order valence-electron chi connectivity index (χ1n) is 3.54. The summed E-state index contributed by atoms with van der Waals surface area (Å²) in [4.78, 5) is 0. The maximum Gasteiger partial charge on any atom is 0.0206 e. The van der Waals surface area contributed by atoms with Gasteiger partial charge in [-0.05, 0) is 18.4 Å². The molecule has 0 aliphatic carbocycles. The second kappa shape index (κ2) is 5.54. The van der Waals surface area contributed by atoms with Crippen molar-refractivity contribution in [1.82, 2.24) is 0 Å². The summed E-state index contributed by atoms with van der Waals surface area (Å²) in [5, 5.41) is 6.95. The maximum atomic E-state index is 6.95. The topological polar surface area (TPSA) is 23.9 Å². The Hall–Kier alpha value is -0.590. The number of hydrogen-bond acceptors (Lipinski definition) is 1. The quantitative estimate of drug-likeness (QED) is 0.559. The fourth-order valence-corrected chi connectivity index (χ4v) is 0.635. The van der Waals surface area contributed by atoms with Crippen molar-refractivity contribution in [3.05, 3.63) is 11.6 Å². The van der Waals surface area contributed by atoms with Gasteiger partial charge in [0.15, 0.2) is 0 Å². The summed E-state index contributed by atoms with van der Waals surface area (Å²) >= 11 is 0.